The number of carbonyl (C=O) groups is 3. The van der Waals surface area contributed by atoms with Crippen LogP contribution in [0, 0.1) is 0 Å². The van der Waals surface area contributed by atoms with E-state index in [1.165, 1.54) is 141 Å². The molecule has 0 radical (unpaired) electrons. The van der Waals surface area contributed by atoms with E-state index in [0.717, 1.165) is 103 Å². The Morgan fingerprint density at radius 1 is 0.300 bits per heavy atom. The smallest absolute Gasteiger partial charge is 0.306 e. The number of carbonyl (C=O) groups excluding carboxylic acids is 3. The number of esters is 3. The van der Waals surface area contributed by atoms with Crippen LogP contribution in [0.25, 0.3) is 0 Å². The molecule has 0 saturated carbocycles. The predicted octanol–water partition coefficient (Wildman–Crippen LogP) is 19.9. The fourth-order valence-electron chi connectivity index (χ4n) is 8.16. The summed E-state index contributed by atoms with van der Waals surface area (Å²) in [6, 6.07) is 0. The van der Waals surface area contributed by atoms with Gasteiger partial charge in [0.05, 0.1) is 0 Å². The van der Waals surface area contributed by atoms with Gasteiger partial charge in [-0.2, -0.15) is 0 Å². The number of unbranched alkanes of at least 4 members (excludes halogenated alkanes) is 28. The van der Waals surface area contributed by atoms with Gasteiger partial charge in [-0.05, 0) is 116 Å². The average molecular weight is 976 g/mol. The van der Waals surface area contributed by atoms with E-state index in [2.05, 4.69) is 106 Å². The second-order valence-electron chi connectivity index (χ2n) is 19.5. The number of hydrogen-bond acceptors (Lipinski definition) is 6. The first-order chi connectivity index (χ1) is 34.5. The summed E-state index contributed by atoms with van der Waals surface area (Å²) in [5.41, 5.74) is 0. The number of hydrogen-bond donors (Lipinski definition) is 0. The molecule has 0 fully saturated rings. The fourth-order valence-corrected chi connectivity index (χ4v) is 8.16. The largest absolute Gasteiger partial charge is 0.462 e. The van der Waals surface area contributed by atoms with E-state index in [1.54, 1.807) is 0 Å². The molecule has 0 N–H and O–H groups in total. The van der Waals surface area contributed by atoms with Crippen molar-refractivity contribution in [2.24, 2.45) is 0 Å². The van der Waals surface area contributed by atoms with E-state index in [9.17, 15) is 14.4 Å². The molecule has 0 aromatic carbocycles. The van der Waals surface area contributed by atoms with Crippen molar-refractivity contribution in [2.45, 2.75) is 290 Å². The van der Waals surface area contributed by atoms with Gasteiger partial charge in [-0.15, -0.1) is 0 Å². The summed E-state index contributed by atoms with van der Waals surface area (Å²) in [7, 11) is 0. The lowest BCUT2D eigenvalue weighted by atomic mass is 10.1. The highest BCUT2D eigenvalue weighted by atomic mass is 16.6. The molecule has 0 unspecified atom stereocenters. The molecule has 6 nitrogen and oxygen atoms in total. The summed E-state index contributed by atoms with van der Waals surface area (Å²) in [6.07, 6.45) is 75.7. The molecule has 0 aliphatic carbocycles. The molecule has 0 aromatic heterocycles. The van der Waals surface area contributed by atoms with Crippen molar-refractivity contribution in [1.82, 2.24) is 0 Å². The summed E-state index contributed by atoms with van der Waals surface area (Å²) >= 11 is 0. The average Bonchev–Trinajstić information content (AvgIpc) is 3.36. The number of ether oxygens (including phenoxy) is 3. The third-order valence-electron chi connectivity index (χ3n) is 12.6. The Hall–Kier alpha value is -3.41. The Balaban J connectivity index is 4.44. The van der Waals surface area contributed by atoms with Crippen LogP contribution in [0.4, 0.5) is 0 Å². The quantitative estimate of drug-likeness (QED) is 0.0261. The highest BCUT2D eigenvalue weighted by Gasteiger charge is 2.19. The lowest BCUT2D eigenvalue weighted by Crippen LogP contribution is -2.30. The van der Waals surface area contributed by atoms with Crippen molar-refractivity contribution in [3.63, 3.8) is 0 Å². The van der Waals surface area contributed by atoms with Gasteiger partial charge < -0.3 is 14.2 Å². The van der Waals surface area contributed by atoms with Crippen molar-refractivity contribution < 1.29 is 28.6 Å². The number of allylic oxidation sites excluding steroid dienone is 14. The van der Waals surface area contributed by atoms with Gasteiger partial charge >= 0.3 is 17.9 Å². The van der Waals surface area contributed by atoms with Gasteiger partial charge in [0.2, 0.25) is 0 Å². The molecule has 0 amide bonds. The first-order valence-corrected chi connectivity index (χ1v) is 29.6. The molecule has 0 bridgehead atoms. The van der Waals surface area contributed by atoms with E-state index in [1.807, 2.05) is 0 Å². The van der Waals surface area contributed by atoms with Gasteiger partial charge in [-0.3, -0.25) is 14.4 Å². The maximum Gasteiger partial charge on any atom is 0.306 e. The Labute approximate surface area is 433 Å². The van der Waals surface area contributed by atoms with Crippen LogP contribution in [-0.2, 0) is 28.6 Å². The molecule has 0 aliphatic heterocycles. The van der Waals surface area contributed by atoms with E-state index in [4.69, 9.17) is 14.2 Å². The molecular formula is C64H110O6. The highest BCUT2D eigenvalue weighted by Crippen LogP contribution is 2.15. The minimum atomic E-state index is -0.795. The molecule has 0 spiro atoms. The van der Waals surface area contributed by atoms with Gasteiger partial charge in [-0.1, -0.05) is 234 Å². The minimum Gasteiger partial charge on any atom is -0.462 e. The van der Waals surface area contributed by atoms with Gasteiger partial charge in [0, 0.05) is 19.3 Å². The third kappa shape index (κ3) is 55.5. The van der Waals surface area contributed by atoms with Gasteiger partial charge in [0.15, 0.2) is 6.10 Å². The second-order valence-corrected chi connectivity index (χ2v) is 19.5. The summed E-state index contributed by atoms with van der Waals surface area (Å²) in [4.78, 5) is 38.2. The van der Waals surface area contributed by atoms with Crippen LogP contribution in [0.3, 0.4) is 0 Å². The van der Waals surface area contributed by atoms with Crippen LogP contribution in [0.5, 0.6) is 0 Å². The Kier molecular flexibility index (Phi) is 55.3. The molecule has 70 heavy (non-hydrogen) atoms. The Morgan fingerprint density at radius 3 is 0.900 bits per heavy atom. The maximum atomic E-state index is 12.9. The van der Waals surface area contributed by atoms with Crippen LogP contribution >= 0.6 is 0 Å². The Morgan fingerprint density at radius 2 is 0.557 bits per heavy atom. The van der Waals surface area contributed by atoms with Crippen molar-refractivity contribution >= 4 is 17.9 Å². The zero-order valence-electron chi connectivity index (χ0n) is 46.0. The van der Waals surface area contributed by atoms with Crippen molar-refractivity contribution in [3.8, 4) is 0 Å². The molecule has 0 aromatic rings. The van der Waals surface area contributed by atoms with Crippen LogP contribution in [-0.4, -0.2) is 37.2 Å². The van der Waals surface area contributed by atoms with Crippen LogP contribution in [0.1, 0.15) is 284 Å². The first-order valence-electron chi connectivity index (χ1n) is 29.6. The fraction of sp³-hybridized carbons (Fsp3) is 0.734. The van der Waals surface area contributed by atoms with Crippen LogP contribution in [0.15, 0.2) is 85.1 Å². The maximum absolute atomic E-state index is 12.9. The van der Waals surface area contributed by atoms with E-state index in [0.29, 0.717) is 19.3 Å². The Bertz CT molecular complexity index is 1350. The van der Waals surface area contributed by atoms with Crippen LogP contribution < -0.4 is 0 Å². The molecule has 1 atom stereocenters. The molecule has 0 saturated heterocycles. The molecule has 6 heteroatoms. The standard InChI is InChI=1S/C64H110O6/c1-4-7-10-13-16-19-22-25-28-30-32-34-36-39-42-45-48-51-54-57-63(66)69-60-61(59-68-62(65)56-53-50-47-44-41-38-27-24-21-18-15-12-9-6-3)70-64(67)58-55-52-49-46-43-40-37-35-33-31-29-26-23-20-17-14-11-8-5-2/h7,10,16,19,24-29,32,34,39,42,61H,4-6,8-9,11-15,17-18,20-23,30-31,33,35-38,40-41,43-60H2,1-3H3/b10-7-,19-16-,27-24-,28-25-,29-26-,34-32-,42-39-/t61-/m1/s1. The highest BCUT2D eigenvalue weighted by molar-refractivity contribution is 5.71. The molecule has 402 valence electrons. The summed E-state index contributed by atoms with van der Waals surface area (Å²) < 4.78 is 16.9. The summed E-state index contributed by atoms with van der Waals surface area (Å²) in [5, 5.41) is 0. The van der Waals surface area contributed by atoms with Gasteiger partial charge in [0.25, 0.3) is 0 Å². The van der Waals surface area contributed by atoms with Gasteiger partial charge in [-0.25, -0.2) is 0 Å². The molecule has 0 rings (SSSR count). The third-order valence-corrected chi connectivity index (χ3v) is 12.6. The van der Waals surface area contributed by atoms with E-state index < -0.39 is 6.10 Å². The summed E-state index contributed by atoms with van der Waals surface area (Å²) in [5.74, 6) is -0.928. The molecular weight excluding hydrogens is 865 g/mol. The minimum absolute atomic E-state index is 0.0917. The lowest BCUT2D eigenvalue weighted by molar-refractivity contribution is -0.167. The topological polar surface area (TPSA) is 78.9 Å². The molecule has 0 aliphatic rings. The zero-order chi connectivity index (χ0) is 50.7. The summed E-state index contributed by atoms with van der Waals surface area (Å²) in [6.45, 7) is 6.49. The van der Waals surface area contributed by atoms with E-state index >= 15 is 0 Å². The normalized spacial score (nSPS) is 12.7. The van der Waals surface area contributed by atoms with Crippen molar-refractivity contribution in [2.75, 3.05) is 13.2 Å². The monoisotopic (exact) mass is 975 g/mol. The van der Waals surface area contributed by atoms with E-state index in [-0.39, 0.29) is 31.1 Å². The number of rotatable bonds is 53. The van der Waals surface area contributed by atoms with Gasteiger partial charge in [0.1, 0.15) is 13.2 Å². The SMILES string of the molecule is CC/C=C\C/C=C\C/C=C\C/C=C\C/C=C\CCCCCC(=O)OC[C@@H](COC(=O)CCCCCCC/C=C\CCCCCCC)OC(=O)CCCCCCCCCCC/C=C\CCCCCCCC. The first kappa shape index (κ1) is 66.6. The second kappa shape index (κ2) is 58.2. The zero-order valence-corrected chi connectivity index (χ0v) is 46.0. The molecule has 0 heterocycles. The van der Waals surface area contributed by atoms with Crippen molar-refractivity contribution in [3.05, 3.63) is 85.1 Å². The lowest BCUT2D eigenvalue weighted by Gasteiger charge is -2.18. The van der Waals surface area contributed by atoms with Crippen LogP contribution in [0.2, 0.25) is 0 Å². The van der Waals surface area contributed by atoms with Crippen molar-refractivity contribution in [1.29, 1.82) is 0 Å². The predicted molar refractivity (Wildman–Crippen MR) is 302 cm³/mol.